The predicted octanol–water partition coefficient (Wildman–Crippen LogP) is 3.87. The van der Waals surface area contributed by atoms with Gasteiger partial charge in [-0.15, -0.1) is 0 Å². The maximum Gasteiger partial charge on any atom is 0.320 e. The Bertz CT molecular complexity index is 961. The van der Waals surface area contributed by atoms with Crippen molar-refractivity contribution in [3.8, 4) is 11.1 Å². The summed E-state index contributed by atoms with van der Waals surface area (Å²) in [5.74, 6) is -1.73. The van der Waals surface area contributed by atoms with Gasteiger partial charge in [-0.3, -0.25) is 0 Å². The third kappa shape index (κ3) is 4.05. The fourth-order valence-electron chi connectivity index (χ4n) is 4.82. The Labute approximate surface area is 186 Å². The zero-order valence-corrected chi connectivity index (χ0v) is 18.2. The minimum Gasteiger partial charge on any atom is -0.366 e. The molecule has 172 valence electrons. The minimum atomic E-state index is -0.873. The molecule has 0 bridgehead atoms. The number of piperazine rings is 1. The van der Waals surface area contributed by atoms with Gasteiger partial charge in [0, 0.05) is 63.2 Å². The first-order valence-electron chi connectivity index (χ1n) is 11.5. The second-order valence-electron chi connectivity index (χ2n) is 8.74. The first-order valence-corrected chi connectivity index (χ1v) is 11.5. The van der Waals surface area contributed by atoms with Gasteiger partial charge in [0.05, 0.1) is 11.9 Å². The number of ether oxygens (including phenoxy) is 1. The number of aromatic nitrogens is 2. The Morgan fingerprint density at radius 1 is 0.938 bits per heavy atom. The summed E-state index contributed by atoms with van der Waals surface area (Å²) in [5.41, 5.74) is 0.960. The smallest absolute Gasteiger partial charge is 0.320 e. The van der Waals surface area contributed by atoms with Crippen LogP contribution in [0.3, 0.4) is 0 Å². The molecule has 0 N–H and O–H groups in total. The Balaban J connectivity index is 1.27. The normalized spacial score (nSPS) is 21.9. The number of amides is 2. The number of carbonyl (C=O) groups is 1. The van der Waals surface area contributed by atoms with Gasteiger partial charge in [0.15, 0.2) is 11.6 Å². The van der Waals surface area contributed by atoms with E-state index >= 15 is 8.78 Å². The molecule has 4 heterocycles. The summed E-state index contributed by atoms with van der Waals surface area (Å²) in [6.45, 7) is 4.28. The van der Waals surface area contributed by atoms with Crippen LogP contribution in [0.5, 0.6) is 0 Å². The average Bonchev–Trinajstić information content (AvgIpc) is 3.54. The summed E-state index contributed by atoms with van der Waals surface area (Å²) in [5, 5.41) is 4.31. The lowest BCUT2D eigenvalue weighted by Crippen LogP contribution is -2.52. The molecule has 0 saturated carbocycles. The summed E-state index contributed by atoms with van der Waals surface area (Å²) in [6, 6.07) is 3.29. The van der Waals surface area contributed by atoms with Crippen LogP contribution in [0.25, 0.3) is 11.1 Å². The largest absolute Gasteiger partial charge is 0.366 e. The lowest BCUT2D eigenvalue weighted by Gasteiger charge is -2.37. The topological polar surface area (TPSA) is 53.8 Å². The van der Waals surface area contributed by atoms with Crippen molar-refractivity contribution in [3.63, 3.8) is 0 Å². The Morgan fingerprint density at radius 3 is 2.41 bits per heavy atom. The fraction of sp³-hybridized carbons (Fsp3) is 0.565. The molecule has 1 aromatic heterocycles. The molecule has 0 aliphatic carbocycles. The third-order valence-corrected chi connectivity index (χ3v) is 6.69. The van der Waals surface area contributed by atoms with Crippen LogP contribution in [0, 0.1) is 11.6 Å². The molecule has 3 aliphatic rings. The molecule has 1 atom stereocenters. The number of anilines is 1. The van der Waals surface area contributed by atoms with Crippen LogP contribution in [0.2, 0.25) is 0 Å². The molecule has 0 radical (unpaired) electrons. The Hall–Kier alpha value is -2.68. The van der Waals surface area contributed by atoms with Crippen LogP contribution in [0.15, 0.2) is 24.5 Å². The number of halogens is 2. The molecular formula is C23H29F2N5O2. The molecular weight excluding hydrogens is 416 g/mol. The van der Waals surface area contributed by atoms with Crippen molar-refractivity contribution < 1.29 is 18.3 Å². The number of likely N-dealkylation sites (tertiary alicyclic amines) is 1. The Morgan fingerprint density at radius 2 is 1.69 bits per heavy atom. The van der Waals surface area contributed by atoms with Crippen LogP contribution in [0.1, 0.15) is 38.3 Å². The number of urea groups is 1. The summed E-state index contributed by atoms with van der Waals surface area (Å²) in [6.07, 6.45) is 8.19. The van der Waals surface area contributed by atoms with Crippen molar-refractivity contribution >= 4 is 11.7 Å². The van der Waals surface area contributed by atoms with Gasteiger partial charge in [-0.1, -0.05) is 0 Å². The number of carbonyl (C=O) groups excluding carboxylic acids is 1. The maximum atomic E-state index is 15.0. The first-order chi connectivity index (χ1) is 15.6. The van der Waals surface area contributed by atoms with Crippen molar-refractivity contribution in [2.45, 2.75) is 38.3 Å². The number of benzene rings is 1. The quantitative estimate of drug-likeness (QED) is 0.720. The lowest BCUT2D eigenvalue weighted by molar-refractivity contribution is -0.0394. The fourth-order valence-corrected chi connectivity index (χ4v) is 4.82. The highest BCUT2D eigenvalue weighted by Gasteiger charge is 2.29. The van der Waals surface area contributed by atoms with Crippen LogP contribution >= 0.6 is 0 Å². The van der Waals surface area contributed by atoms with Crippen molar-refractivity contribution in [3.05, 3.63) is 36.2 Å². The van der Waals surface area contributed by atoms with E-state index in [1.165, 1.54) is 0 Å². The molecule has 1 unspecified atom stereocenters. The number of nitrogens with zero attached hydrogens (tertiary/aromatic N) is 5. The standard InChI is InChI=1S/C23H29F2N5O2/c24-21-18(17-15-26-30(16-17)20-5-1-4-14-32-20)6-7-19(22(21)25)27-10-12-29(13-11-27)23(31)28-8-2-3-9-28/h6-7,15-16,20H,1-5,8-14H2. The zero-order valence-electron chi connectivity index (χ0n) is 18.2. The average molecular weight is 446 g/mol. The lowest BCUT2D eigenvalue weighted by atomic mass is 10.1. The third-order valence-electron chi connectivity index (χ3n) is 6.69. The molecule has 3 aliphatic heterocycles. The Kier molecular flexibility index (Phi) is 5.99. The molecule has 2 amide bonds. The van der Waals surface area contributed by atoms with Crippen LogP contribution < -0.4 is 4.90 Å². The van der Waals surface area contributed by atoms with E-state index in [1.54, 1.807) is 29.2 Å². The summed E-state index contributed by atoms with van der Waals surface area (Å²) >= 11 is 0. The second-order valence-corrected chi connectivity index (χ2v) is 8.74. The van der Waals surface area contributed by atoms with Crippen molar-refractivity contribution in [1.29, 1.82) is 0 Å². The highest BCUT2D eigenvalue weighted by molar-refractivity contribution is 5.75. The van der Waals surface area contributed by atoms with Gasteiger partial charge in [-0.25, -0.2) is 18.3 Å². The highest BCUT2D eigenvalue weighted by Crippen LogP contribution is 2.32. The second kappa shape index (κ2) is 9.05. The highest BCUT2D eigenvalue weighted by atomic mass is 19.2. The van der Waals surface area contributed by atoms with Crippen molar-refractivity contribution in [2.75, 3.05) is 50.8 Å². The van der Waals surface area contributed by atoms with Gasteiger partial charge in [0.1, 0.15) is 6.23 Å². The van der Waals surface area contributed by atoms with Crippen LogP contribution in [-0.2, 0) is 4.74 Å². The first kappa shape index (κ1) is 21.2. The van der Waals surface area contributed by atoms with Gasteiger partial charge in [0.25, 0.3) is 0 Å². The number of hydrogen-bond acceptors (Lipinski definition) is 4. The van der Waals surface area contributed by atoms with Crippen LogP contribution in [-0.4, -0.2) is 71.5 Å². The van der Waals surface area contributed by atoms with E-state index in [1.807, 2.05) is 14.7 Å². The van der Waals surface area contributed by atoms with E-state index < -0.39 is 11.6 Å². The summed E-state index contributed by atoms with van der Waals surface area (Å²) in [7, 11) is 0. The summed E-state index contributed by atoms with van der Waals surface area (Å²) in [4.78, 5) is 18.1. The van der Waals surface area contributed by atoms with E-state index in [0.717, 1.165) is 45.2 Å². The summed E-state index contributed by atoms with van der Waals surface area (Å²) < 4.78 is 37.5. The van der Waals surface area contributed by atoms with Crippen LogP contribution in [0.4, 0.5) is 19.3 Å². The van der Waals surface area contributed by atoms with Crippen molar-refractivity contribution in [1.82, 2.24) is 19.6 Å². The molecule has 1 aromatic carbocycles. The van der Waals surface area contributed by atoms with E-state index in [4.69, 9.17) is 4.74 Å². The monoisotopic (exact) mass is 445 g/mol. The van der Waals surface area contributed by atoms with Gasteiger partial charge in [0.2, 0.25) is 0 Å². The molecule has 2 aromatic rings. The van der Waals surface area contributed by atoms with Gasteiger partial charge < -0.3 is 19.4 Å². The van der Waals surface area contributed by atoms with Gasteiger partial charge >= 0.3 is 6.03 Å². The predicted molar refractivity (Wildman–Crippen MR) is 116 cm³/mol. The zero-order chi connectivity index (χ0) is 22.1. The van der Waals surface area contributed by atoms with E-state index in [9.17, 15) is 4.79 Å². The van der Waals surface area contributed by atoms with Gasteiger partial charge in [-0.2, -0.15) is 5.10 Å². The molecule has 3 fully saturated rings. The van der Waals surface area contributed by atoms with E-state index in [-0.39, 0.29) is 23.5 Å². The molecule has 5 rings (SSSR count). The SMILES string of the molecule is O=C(N1CCCC1)N1CCN(c2ccc(-c3cnn(C4CCCCO4)c3)c(F)c2F)CC1. The van der Waals surface area contributed by atoms with Crippen molar-refractivity contribution in [2.24, 2.45) is 0 Å². The van der Waals surface area contributed by atoms with Gasteiger partial charge in [-0.05, 0) is 44.2 Å². The molecule has 7 nitrogen and oxygen atoms in total. The minimum absolute atomic E-state index is 0.0584. The van der Waals surface area contributed by atoms with E-state index in [0.29, 0.717) is 38.3 Å². The number of hydrogen-bond donors (Lipinski definition) is 0. The molecule has 0 spiro atoms. The molecule has 9 heteroatoms. The number of rotatable bonds is 3. The van der Waals surface area contributed by atoms with E-state index in [2.05, 4.69) is 5.10 Å². The molecule has 3 saturated heterocycles. The molecule has 32 heavy (non-hydrogen) atoms. The maximum absolute atomic E-state index is 15.0.